The molecule has 1 atom stereocenters. The van der Waals surface area contributed by atoms with Crippen molar-refractivity contribution in [1.82, 2.24) is 14.5 Å². The highest BCUT2D eigenvalue weighted by Gasteiger charge is 2.42. The molecule has 1 saturated heterocycles. The Bertz CT molecular complexity index is 1280. The van der Waals surface area contributed by atoms with Gasteiger partial charge >= 0.3 is 6.18 Å². The Hall–Kier alpha value is -3.34. The van der Waals surface area contributed by atoms with Gasteiger partial charge in [-0.3, -0.25) is 9.10 Å². The number of likely N-dealkylation sites (tertiary alicyclic amines) is 1. The number of anilines is 1. The molecule has 1 unspecified atom stereocenters. The predicted molar refractivity (Wildman–Crippen MR) is 124 cm³/mol. The van der Waals surface area contributed by atoms with E-state index in [0.29, 0.717) is 5.69 Å². The summed E-state index contributed by atoms with van der Waals surface area (Å²) in [6.45, 7) is -0.0912. The van der Waals surface area contributed by atoms with Gasteiger partial charge in [-0.2, -0.15) is 21.6 Å². The average molecular weight is 507 g/mol. The lowest BCUT2D eigenvalue weighted by molar-refractivity contribution is -0.184. The molecule has 1 fully saturated rings. The van der Waals surface area contributed by atoms with Gasteiger partial charge < -0.3 is 9.47 Å². The second-order valence-electron chi connectivity index (χ2n) is 8.55. The van der Waals surface area contributed by atoms with Gasteiger partial charge in [-0.15, -0.1) is 0 Å². The number of aryl methyl sites for hydroxylation is 1. The molecule has 1 amide bonds. The SMILES string of the molecule is Cn1cnc(S(=O)(=O)N(Cc2ccccc2)c2ccc(C(=O)N3CCCC(C(F)(F)F)C3)cc2)c1. The molecule has 1 aliphatic rings. The molecule has 1 aromatic heterocycles. The van der Waals surface area contributed by atoms with E-state index < -0.39 is 28.0 Å². The van der Waals surface area contributed by atoms with Crippen LogP contribution in [0, 0.1) is 5.92 Å². The lowest BCUT2D eigenvalue weighted by Gasteiger charge is -2.33. The zero-order valence-corrected chi connectivity index (χ0v) is 19.8. The molecule has 0 saturated carbocycles. The summed E-state index contributed by atoms with van der Waals surface area (Å²) in [5.74, 6) is -2.04. The number of hydrogen-bond donors (Lipinski definition) is 0. The molecule has 2 heterocycles. The topological polar surface area (TPSA) is 75.5 Å². The number of amides is 1. The van der Waals surface area contributed by atoms with Gasteiger partial charge in [0.05, 0.1) is 24.5 Å². The van der Waals surface area contributed by atoms with Crippen LogP contribution in [0.3, 0.4) is 0 Å². The van der Waals surface area contributed by atoms with Crippen molar-refractivity contribution in [1.29, 1.82) is 0 Å². The summed E-state index contributed by atoms with van der Waals surface area (Å²) in [6.07, 6.45) is -1.27. The summed E-state index contributed by atoms with van der Waals surface area (Å²) in [4.78, 5) is 18.1. The van der Waals surface area contributed by atoms with Crippen molar-refractivity contribution >= 4 is 21.6 Å². The first-order chi connectivity index (χ1) is 16.6. The Morgan fingerprint density at radius 3 is 2.40 bits per heavy atom. The molecule has 35 heavy (non-hydrogen) atoms. The predicted octanol–water partition coefficient (Wildman–Crippen LogP) is 4.23. The first-order valence-electron chi connectivity index (χ1n) is 11.1. The number of rotatable bonds is 6. The van der Waals surface area contributed by atoms with Gasteiger partial charge in [0, 0.05) is 31.9 Å². The smallest absolute Gasteiger partial charge is 0.339 e. The third-order valence-corrected chi connectivity index (χ3v) is 7.64. The highest BCUT2D eigenvalue weighted by Crippen LogP contribution is 2.34. The lowest BCUT2D eigenvalue weighted by atomic mass is 9.97. The number of halogens is 3. The molecule has 11 heteroatoms. The number of alkyl halides is 3. The number of hydrogen-bond acceptors (Lipinski definition) is 4. The highest BCUT2D eigenvalue weighted by atomic mass is 32.2. The molecule has 2 aromatic carbocycles. The van der Waals surface area contributed by atoms with E-state index in [1.165, 1.54) is 50.6 Å². The van der Waals surface area contributed by atoms with E-state index in [0.717, 1.165) is 5.56 Å². The van der Waals surface area contributed by atoms with Crippen LogP contribution in [-0.2, 0) is 23.6 Å². The molecule has 186 valence electrons. The summed E-state index contributed by atoms with van der Waals surface area (Å²) >= 11 is 0. The normalized spacial score (nSPS) is 16.8. The fourth-order valence-corrected chi connectivity index (χ4v) is 5.50. The van der Waals surface area contributed by atoms with Crippen LogP contribution in [-0.4, -0.2) is 48.0 Å². The molecular weight excluding hydrogens is 481 g/mol. The van der Waals surface area contributed by atoms with E-state index in [1.807, 2.05) is 6.07 Å². The van der Waals surface area contributed by atoms with Gasteiger partial charge in [0.1, 0.15) is 0 Å². The van der Waals surface area contributed by atoms with Gasteiger partial charge in [0.2, 0.25) is 0 Å². The number of benzene rings is 2. The molecule has 7 nitrogen and oxygen atoms in total. The van der Waals surface area contributed by atoms with Crippen LogP contribution in [0.2, 0.25) is 0 Å². The third-order valence-electron chi connectivity index (χ3n) is 5.98. The molecule has 0 N–H and O–H groups in total. The molecule has 0 spiro atoms. The minimum atomic E-state index is -4.35. The Labute approximate surface area is 201 Å². The molecule has 1 aliphatic heterocycles. The second-order valence-corrected chi connectivity index (χ2v) is 10.4. The van der Waals surface area contributed by atoms with Crippen LogP contribution in [0.1, 0.15) is 28.8 Å². The minimum absolute atomic E-state index is 0.00600. The minimum Gasteiger partial charge on any atom is -0.339 e. The van der Waals surface area contributed by atoms with Crippen LogP contribution in [0.15, 0.2) is 72.1 Å². The van der Waals surface area contributed by atoms with Crippen LogP contribution < -0.4 is 4.31 Å². The van der Waals surface area contributed by atoms with Gasteiger partial charge in [-0.05, 0) is 42.7 Å². The Kier molecular flexibility index (Phi) is 6.88. The first-order valence-corrected chi connectivity index (χ1v) is 12.5. The molecule has 0 aliphatic carbocycles. The van der Waals surface area contributed by atoms with E-state index in [9.17, 15) is 26.4 Å². The molecule has 0 radical (unpaired) electrons. The number of sulfonamides is 1. The summed E-state index contributed by atoms with van der Waals surface area (Å²) in [5, 5.41) is -0.123. The number of nitrogens with zero attached hydrogens (tertiary/aromatic N) is 4. The van der Waals surface area contributed by atoms with Crippen molar-refractivity contribution < 1.29 is 26.4 Å². The maximum Gasteiger partial charge on any atom is 0.393 e. The number of aromatic nitrogens is 2. The summed E-state index contributed by atoms with van der Waals surface area (Å²) in [5.41, 5.74) is 1.26. The number of carbonyl (C=O) groups excluding carboxylic acids is 1. The van der Waals surface area contributed by atoms with E-state index in [2.05, 4.69) is 4.98 Å². The van der Waals surface area contributed by atoms with E-state index >= 15 is 0 Å². The molecule has 4 rings (SSSR count). The number of imidazole rings is 1. The zero-order chi connectivity index (χ0) is 25.2. The second kappa shape index (κ2) is 9.73. The monoisotopic (exact) mass is 506 g/mol. The molecule has 3 aromatic rings. The highest BCUT2D eigenvalue weighted by molar-refractivity contribution is 7.92. The Morgan fingerprint density at radius 1 is 1.11 bits per heavy atom. The van der Waals surface area contributed by atoms with E-state index in [4.69, 9.17) is 0 Å². The molecule has 0 bridgehead atoms. The zero-order valence-electron chi connectivity index (χ0n) is 19.0. The Balaban J connectivity index is 1.61. The van der Waals surface area contributed by atoms with Crippen molar-refractivity contribution in [2.75, 3.05) is 17.4 Å². The van der Waals surface area contributed by atoms with Crippen LogP contribution in [0.4, 0.5) is 18.9 Å². The quantitative estimate of drug-likeness (QED) is 0.502. The van der Waals surface area contributed by atoms with E-state index in [-0.39, 0.29) is 43.1 Å². The van der Waals surface area contributed by atoms with Gasteiger partial charge in [-0.25, -0.2) is 4.98 Å². The van der Waals surface area contributed by atoms with Crippen molar-refractivity contribution in [3.05, 3.63) is 78.2 Å². The first kappa shape index (κ1) is 24.8. The van der Waals surface area contributed by atoms with E-state index in [1.54, 1.807) is 31.3 Å². The van der Waals surface area contributed by atoms with Crippen LogP contribution >= 0.6 is 0 Å². The molecular formula is C24H25F3N4O3S. The lowest BCUT2D eigenvalue weighted by Crippen LogP contribution is -2.44. The number of carbonyl (C=O) groups is 1. The largest absolute Gasteiger partial charge is 0.393 e. The van der Waals surface area contributed by atoms with Crippen molar-refractivity contribution in [2.24, 2.45) is 13.0 Å². The third kappa shape index (κ3) is 5.50. The summed E-state index contributed by atoms with van der Waals surface area (Å²) in [7, 11) is -2.36. The standard InChI is InChI=1S/C24H25F3N4O3S/c1-29-16-22(28-17-29)35(33,34)31(14-18-6-3-2-4-7-18)21-11-9-19(10-12-21)23(32)30-13-5-8-20(15-30)24(25,26)27/h2-4,6-7,9-12,16-17,20H,5,8,13-15H2,1H3. The van der Waals surface area contributed by atoms with Crippen molar-refractivity contribution in [3.63, 3.8) is 0 Å². The summed E-state index contributed by atoms with van der Waals surface area (Å²) < 4.78 is 69.0. The van der Waals surface area contributed by atoms with Crippen LogP contribution in [0.25, 0.3) is 0 Å². The maximum absolute atomic E-state index is 13.4. The maximum atomic E-state index is 13.4. The Morgan fingerprint density at radius 2 is 1.80 bits per heavy atom. The summed E-state index contributed by atoms with van der Waals surface area (Å²) in [6, 6.07) is 14.9. The average Bonchev–Trinajstić information content (AvgIpc) is 3.29. The van der Waals surface area contributed by atoms with Gasteiger partial charge in [0.25, 0.3) is 15.9 Å². The van der Waals surface area contributed by atoms with Gasteiger partial charge in [0.15, 0.2) is 5.03 Å². The van der Waals surface area contributed by atoms with Crippen LogP contribution in [0.5, 0.6) is 0 Å². The van der Waals surface area contributed by atoms with Crippen molar-refractivity contribution in [3.8, 4) is 0 Å². The fraction of sp³-hybridized carbons (Fsp3) is 0.333. The van der Waals surface area contributed by atoms with Gasteiger partial charge in [-0.1, -0.05) is 30.3 Å². The number of piperidine rings is 1. The fourth-order valence-electron chi connectivity index (χ4n) is 4.08. The van der Waals surface area contributed by atoms with Crippen molar-refractivity contribution in [2.45, 2.75) is 30.6 Å².